The van der Waals surface area contributed by atoms with E-state index < -0.39 is 11.7 Å². The van der Waals surface area contributed by atoms with Crippen molar-refractivity contribution in [2.45, 2.75) is 25.2 Å². The van der Waals surface area contributed by atoms with Crippen LogP contribution in [-0.2, 0) is 16.9 Å². The van der Waals surface area contributed by atoms with E-state index in [9.17, 15) is 9.50 Å². The normalized spacial score (nSPS) is 19.0. The van der Waals surface area contributed by atoms with Crippen LogP contribution >= 0.6 is 0 Å². The van der Waals surface area contributed by atoms with Crippen LogP contribution in [0.2, 0.25) is 0 Å². The van der Waals surface area contributed by atoms with E-state index in [0.29, 0.717) is 30.0 Å². The predicted molar refractivity (Wildman–Crippen MR) is 119 cm³/mol. The SMILES string of the molecule is COc1ccc(F)cc1-c1ccccc1C(C)(O)C1CN(Cc2ccccc2)CCO1. The molecule has 1 saturated heterocycles. The molecular weight excluding hydrogens is 393 g/mol. The second kappa shape index (κ2) is 9.18. The van der Waals surface area contributed by atoms with Gasteiger partial charge in [-0.1, -0.05) is 54.6 Å². The Bertz CT molecular complexity index is 1020. The second-order valence-electron chi connectivity index (χ2n) is 8.12. The van der Waals surface area contributed by atoms with Crippen molar-refractivity contribution in [2.75, 3.05) is 26.8 Å². The van der Waals surface area contributed by atoms with Crippen molar-refractivity contribution in [1.29, 1.82) is 0 Å². The molecule has 1 aliphatic heterocycles. The van der Waals surface area contributed by atoms with Gasteiger partial charge in [0.05, 0.1) is 13.7 Å². The maximum absolute atomic E-state index is 14.1. The lowest BCUT2D eigenvalue weighted by Gasteiger charge is -2.41. The quantitative estimate of drug-likeness (QED) is 0.631. The van der Waals surface area contributed by atoms with Gasteiger partial charge in [-0.3, -0.25) is 4.90 Å². The summed E-state index contributed by atoms with van der Waals surface area (Å²) in [6, 6.07) is 22.2. The van der Waals surface area contributed by atoms with Crippen LogP contribution < -0.4 is 4.74 Å². The van der Waals surface area contributed by atoms with Crippen molar-refractivity contribution in [3.05, 3.63) is 89.7 Å². The molecule has 0 radical (unpaired) electrons. The van der Waals surface area contributed by atoms with Gasteiger partial charge >= 0.3 is 0 Å². The van der Waals surface area contributed by atoms with Crippen LogP contribution in [-0.4, -0.2) is 42.9 Å². The van der Waals surface area contributed by atoms with Crippen LogP contribution in [0.25, 0.3) is 11.1 Å². The van der Waals surface area contributed by atoms with E-state index in [0.717, 1.165) is 18.7 Å². The maximum atomic E-state index is 14.1. The first kappa shape index (κ1) is 21.5. The summed E-state index contributed by atoms with van der Waals surface area (Å²) in [4.78, 5) is 2.29. The molecule has 5 heteroatoms. The average Bonchev–Trinajstić information content (AvgIpc) is 2.80. The summed E-state index contributed by atoms with van der Waals surface area (Å²) in [7, 11) is 1.56. The van der Waals surface area contributed by atoms with Crippen LogP contribution in [0.5, 0.6) is 5.75 Å². The lowest BCUT2D eigenvalue weighted by molar-refractivity contribution is -0.141. The summed E-state index contributed by atoms with van der Waals surface area (Å²) in [5.74, 6) is 0.202. The maximum Gasteiger partial charge on any atom is 0.126 e. The molecule has 0 bridgehead atoms. The van der Waals surface area contributed by atoms with E-state index in [1.807, 2.05) is 42.5 Å². The van der Waals surface area contributed by atoms with E-state index in [1.165, 1.54) is 17.7 Å². The molecule has 1 fully saturated rings. The Morgan fingerprint density at radius 1 is 1.06 bits per heavy atom. The zero-order chi connectivity index (χ0) is 21.8. The fourth-order valence-corrected chi connectivity index (χ4v) is 4.25. The molecule has 0 aliphatic carbocycles. The number of hydrogen-bond donors (Lipinski definition) is 1. The Hall–Kier alpha value is -2.73. The van der Waals surface area contributed by atoms with E-state index in [1.54, 1.807) is 20.1 Å². The van der Waals surface area contributed by atoms with Crippen LogP contribution in [0.3, 0.4) is 0 Å². The lowest BCUT2D eigenvalue weighted by Crippen LogP contribution is -2.51. The van der Waals surface area contributed by atoms with Crippen LogP contribution in [0.1, 0.15) is 18.1 Å². The van der Waals surface area contributed by atoms with E-state index in [-0.39, 0.29) is 5.82 Å². The highest BCUT2D eigenvalue weighted by atomic mass is 19.1. The third kappa shape index (κ3) is 4.64. The highest BCUT2D eigenvalue weighted by Gasteiger charge is 2.39. The Labute approximate surface area is 182 Å². The fourth-order valence-electron chi connectivity index (χ4n) is 4.25. The number of morpholine rings is 1. The number of halogens is 1. The van der Waals surface area contributed by atoms with Crippen molar-refractivity contribution in [2.24, 2.45) is 0 Å². The van der Waals surface area contributed by atoms with Gasteiger partial charge in [0.2, 0.25) is 0 Å². The number of rotatable bonds is 6. The molecule has 4 nitrogen and oxygen atoms in total. The van der Waals surface area contributed by atoms with Gasteiger partial charge in [0, 0.05) is 25.2 Å². The second-order valence-corrected chi connectivity index (χ2v) is 8.12. The van der Waals surface area contributed by atoms with Crippen molar-refractivity contribution >= 4 is 0 Å². The minimum Gasteiger partial charge on any atom is -0.496 e. The summed E-state index contributed by atoms with van der Waals surface area (Å²) in [5, 5.41) is 11.7. The van der Waals surface area contributed by atoms with Gasteiger partial charge in [-0.15, -0.1) is 0 Å². The van der Waals surface area contributed by atoms with Crippen molar-refractivity contribution in [3.63, 3.8) is 0 Å². The first-order valence-corrected chi connectivity index (χ1v) is 10.5. The molecule has 31 heavy (non-hydrogen) atoms. The smallest absolute Gasteiger partial charge is 0.126 e. The van der Waals surface area contributed by atoms with Gasteiger partial charge in [-0.25, -0.2) is 4.39 Å². The minimum atomic E-state index is -1.27. The molecule has 2 unspecified atom stereocenters. The largest absolute Gasteiger partial charge is 0.496 e. The van der Waals surface area contributed by atoms with Crippen LogP contribution in [0, 0.1) is 5.82 Å². The third-order valence-corrected chi connectivity index (χ3v) is 5.95. The zero-order valence-electron chi connectivity index (χ0n) is 17.9. The molecule has 2 atom stereocenters. The Morgan fingerprint density at radius 2 is 1.81 bits per heavy atom. The fraction of sp³-hybridized carbons (Fsp3) is 0.308. The van der Waals surface area contributed by atoms with Crippen LogP contribution in [0.15, 0.2) is 72.8 Å². The lowest BCUT2D eigenvalue weighted by atomic mass is 9.83. The highest BCUT2D eigenvalue weighted by molar-refractivity contribution is 5.74. The van der Waals surface area contributed by atoms with E-state index in [2.05, 4.69) is 17.0 Å². The minimum absolute atomic E-state index is 0.354. The van der Waals surface area contributed by atoms with Gasteiger partial charge in [0.1, 0.15) is 23.3 Å². The van der Waals surface area contributed by atoms with E-state index >= 15 is 0 Å². The number of hydrogen-bond acceptors (Lipinski definition) is 4. The highest BCUT2D eigenvalue weighted by Crippen LogP contribution is 2.39. The number of methoxy groups -OCH3 is 1. The molecule has 0 spiro atoms. The monoisotopic (exact) mass is 421 g/mol. The molecule has 3 aromatic rings. The number of ether oxygens (including phenoxy) is 2. The Kier molecular flexibility index (Phi) is 6.37. The average molecular weight is 422 g/mol. The summed E-state index contributed by atoms with van der Waals surface area (Å²) in [6.07, 6.45) is -0.425. The summed E-state index contributed by atoms with van der Waals surface area (Å²) >= 11 is 0. The molecule has 0 amide bonds. The molecule has 0 saturated carbocycles. The van der Waals surface area contributed by atoms with Gasteiger partial charge in [0.25, 0.3) is 0 Å². The molecule has 1 heterocycles. The summed E-state index contributed by atoms with van der Waals surface area (Å²) in [5.41, 5.74) is 1.98. The summed E-state index contributed by atoms with van der Waals surface area (Å²) < 4.78 is 25.6. The molecule has 162 valence electrons. The Morgan fingerprint density at radius 3 is 2.58 bits per heavy atom. The predicted octanol–water partition coefficient (Wildman–Crippen LogP) is 4.61. The van der Waals surface area contributed by atoms with Crippen molar-refractivity contribution in [1.82, 2.24) is 4.90 Å². The molecule has 3 aromatic carbocycles. The van der Waals surface area contributed by atoms with Gasteiger partial charge in [-0.05, 0) is 41.8 Å². The Balaban J connectivity index is 1.64. The number of benzene rings is 3. The van der Waals surface area contributed by atoms with Gasteiger partial charge in [-0.2, -0.15) is 0 Å². The molecule has 1 N–H and O–H groups in total. The standard InChI is InChI=1S/C26H28FNO3/c1-26(29,25-18-28(14-15-31-25)17-19-8-4-3-5-9-19)23-11-7-6-10-21(23)22-16-20(27)12-13-24(22)30-2/h3-13,16,25,29H,14-15,17-18H2,1-2H3. The van der Waals surface area contributed by atoms with Crippen molar-refractivity contribution in [3.8, 4) is 16.9 Å². The van der Waals surface area contributed by atoms with Crippen LogP contribution in [0.4, 0.5) is 4.39 Å². The van der Waals surface area contributed by atoms with E-state index in [4.69, 9.17) is 9.47 Å². The first-order valence-electron chi connectivity index (χ1n) is 10.5. The van der Waals surface area contributed by atoms with Gasteiger partial charge < -0.3 is 14.6 Å². The number of nitrogens with zero attached hydrogens (tertiary/aromatic N) is 1. The zero-order valence-corrected chi connectivity index (χ0v) is 17.9. The molecule has 1 aliphatic rings. The summed E-state index contributed by atoms with van der Waals surface area (Å²) in [6.45, 7) is 4.51. The molecule has 4 rings (SSSR count). The number of aliphatic hydroxyl groups is 1. The first-order chi connectivity index (χ1) is 15.0. The topological polar surface area (TPSA) is 41.9 Å². The van der Waals surface area contributed by atoms with Crippen molar-refractivity contribution < 1.29 is 19.0 Å². The van der Waals surface area contributed by atoms with Gasteiger partial charge in [0.15, 0.2) is 0 Å². The molecule has 0 aromatic heterocycles. The molecular formula is C26H28FNO3. The third-order valence-electron chi connectivity index (χ3n) is 5.95.